The Morgan fingerprint density at radius 3 is 2.62 bits per heavy atom. The first-order valence-electron chi connectivity index (χ1n) is 5.61. The van der Waals surface area contributed by atoms with Crippen LogP contribution < -0.4 is 11.1 Å². The molecule has 0 spiro atoms. The lowest BCUT2D eigenvalue weighted by Gasteiger charge is -2.27. The van der Waals surface area contributed by atoms with Crippen LogP contribution in [-0.2, 0) is 0 Å². The molecular formula is C13H17N3. The summed E-state index contributed by atoms with van der Waals surface area (Å²) in [5, 5.41) is 12.3. The standard InChI is InChI=1S/C13H17N3/c1-13(2,10-4-5-10)16-11-6-3-9(8-14)12(15)7-11/h3,6-7,10,16H,4-5,15H2,1-2H3. The molecule has 0 saturated heterocycles. The van der Waals surface area contributed by atoms with Gasteiger partial charge in [-0.2, -0.15) is 5.26 Å². The van der Waals surface area contributed by atoms with Gasteiger partial charge in [0.25, 0.3) is 0 Å². The second-order valence-corrected chi connectivity index (χ2v) is 5.03. The smallest absolute Gasteiger partial charge is 0.101 e. The molecule has 1 aliphatic carbocycles. The lowest BCUT2D eigenvalue weighted by atomic mass is 9.98. The Morgan fingerprint density at radius 1 is 1.44 bits per heavy atom. The van der Waals surface area contributed by atoms with Crippen molar-refractivity contribution in [3.63, 3.8) is 0 Å². The molecule has 0 atom stereocenters. The Hall–Kier alpha value is -1.69. The van der Waals surface area contributed by atoms with Gasteiger partial charge >= 0.3 is 0 Å². The van der Waals surface area contributed by atoms with Crippen molar-refractivity contribution in [2.24, 2.45) is 5.92 Å². The van der Waals surface area contributed by atoms with E-state index in [4.69, 9.17) is 11.0 Å². The highest BCUT2D eigenvalue weighted by molar-refractivity contribution is 5.63. The van der Waals surface area contributed by atoms with Crippen molar-refractivity contribution in [1.29, 1.82) is 5.26 Å². The zero-order valence-electron chi connectivity index (χ0n) is 9.75. The van der Waals surface area contributed by atoms with E-state index in [2.05, 4.69) is 25.2 Å². The molecule has 3 heteroatoms. The summed E-state index contributed by atoms with van der Waals surface area (Å²) in [6, 6.07) is 7.58. The first kappa shape index (κ1) is 10.8. The Morgan fingerprint density at radius 2 is 2.12 bits per heavy atom. The van der Waals surface area contributed by atoms with E-state index in [1.165, 1.54) is 12.8 Å². The summed E-state index contributed by atoms with van der Waals surface area (Å²) in [4.78, 5) is 0. The maximum Gasteiger partial charge on any atom is 0.101 e. The molecule has 0 bridgehead atoms. The van der Waals surface area contributed by atoms with Crippen molar-refractivity contribution in [1.82, 2.24) is 0 Å². The maximum absolute atomic E-state index is 8.79. The molecule has 0 heterocycles. The third-order valence-electron chi connectivity index (χ3n) is 3.24. The molecule has 3 nitrogen and oxygen atoms in total. The van der Waals surface area contributed by atoms with Gasteiger partial charge in [0.2, 0.25) is 0 Å². The molecule has 2 rings (SSSR count). The number of nitrogen functional groups attached to an aromatic ring is 1. The Labute approximate surface area is 96.3 Å². The average molecular weight is 215 g/mol. The number of nitrogens with zero attached hydrogens (tertiary/aromatic N) is 1. The number of hydrogen-bond acceptors (Lipinski definition) is 3. The quantitative estimate of drug-likeness (QED) is 0.762. The zero-order valence-corrected chi connectivity index (χ0v) is 9.75. The Bertz CT molecular complexity index is 439. The average Bonchev–Trinajstić information content (AvgIpc) is 3.00. The van der Waals surface area contributed by atoms with Crippen LogP contribution in [0.4, 0.5) is 11.4 Å². The summed E-state index contributed by atoms with van der Waals surface area (Å²) in [6.07, 6.45) is 2.59. The molecule has 1 aromatic rings. The number of hydrogen-bond donors (Lipinski definition) is 2. The van der Waals surface area contributed by atoms with Crippen LogP contribution in [-0.4, -0.2) is 5.54 Å². The van der Waals surface area contributed by atoms with E-state index in [0.29, 0.717) is 11.3 Å². The van der Waals surface area contributed by atoms with E-state index in [1.807, 2.05) is 12.1 Å². The minimum absolute atomic E-state index is 0.112. The summed E-state index contributed by atoms with van der Waals surface area (Å²) in [5.41, 5.74) is 7.96. The van der Waals surface area contributed by atoms with Gasteiger partial charge in [-0.15, -0.1) is 0 Å². The predicted molar refractivity (Wildman–Crippen MR) is 66.0 cm³/mol. The molecule has 0 amide bonds. The van der Waals surface area contributed by atoms with Gasteiger partial charge in [0.15, 0.2) is 0 Å². The molecule has 1 aliphatic rings. The van der Waals surface area contributed by atoms with Gasteiger partial charge in [-0.25, -0.2) is 0 Å². The highest BCUT2D eigenvalue weighted by Gasteiger charge is 2.37. The van der Waals surface area contributed by atoms with Crippen molar-refractivity contribution < 1.29 is 0 Å². The van der Waals surface area contributed by atoms with Gasteiger partial charge in [0.1, 0.15) is 6.07 Å². The monoisotopic (exact) mass is 215 g/mol. The lowest BCUT2D eigenvalue weighted by Crippen LogP contribution is -2.33. The lowest BCUT2D eigenvalue weighted by molar-refractivity contribution is 0.494. The minimum atomic E-state index is 0.112. The molecule has 1 aromatic carbocycles. The number of anilines is 2. The van der Waals surface area contributed by atoms with Crippen molar-refractivity contribution in [2.45, 2.75) is 32.2 Å². The van der Waals surface area contributed by atoms with Gasteiger partial charge < -0.3 is 11.1 Å². The SMILES string of the molecule is CC(C)(Nc1ccc(C#N)c(N)c1)C1CC1. The van der Waals surface area contributed by atoms with E-state index in [0.717, 1.165) is 11.6 Å². The Balaban J connectivity index is 2.16. The van der Waals surface area contributed by atoms with Crippen LogP contribution in [0, 0.1) is 17.2 Å². The van der Waals surface area contributed by atoms with Gasteiger partial charge in [-0.3, -0.25) is 0 Å². The molecule has 0 radical (unpaired) electrons. The first-order chi connectivity index (χ1) is 7.53. The molecule has 0 aromatic heterocycles. The van der Waals surface area contributed by atoms with Gasteiger partial charge in [-0.1, -0.05) is 0 Å². The van der Waals surface area contributed by atoms with Gasteiger partial charge in [0, 0.05) is 11.2 Å². The molecule has 16 heavy (non-hydrogen) atoms. The highest BCUT2D eigenvalue weighted by atomic mass is 15.0. The second-order valence-electron chi connectivity index (χ2n) is 5.03. The van der Waals surface area contributed by atoms with E-state index in [9.17, 15) is 0 Å². The summed E-state index contributed by atoms with van der Waals surface area (Å²) >= 11 is 0. The van der Waals surface area contributed by atoms with E-state index in [-0.39, 0.29) is 5.54 Å². The normalized spacial score (nSPS) is 15.6. The predicted octanol–water partition coefficient (Wildman–Crippen LogP) is 2.74. The van der Waals surface area contributed by atoms with Crippen LogP contribution in [0.5, 0.6) is 0 Å². The van der Waals surface area contributed by atoms with Gasteiger partial charge in [-0.05, 0) is 50.8 Å². The third-order valence-corrected chi connectivity index (χ3v) is 3.24. The molecule has 1 saturated carbocycles. The topological polar surface area (TPSA) is 61.8 Å². The summed E-state index contributed by atoms with van der Waals surface area (Å²) in [6.45, 7) is 4.41. The molecule has 0 unspecified atom stereocenters. The fourth-order valence-corrected chi connectivity index (χ4v) is 2.02. The number of benzene rings is 1. The minimum Gasteiger partial charge on any atom is -0.398 e. The van der Waals surface area contributed by atoms with Crippen LogP contribution in [0.2, 0.25) is 0 Å². The fourth-order valence-electron chi connectivity index (χ4n) is 2.02. The van der Waals surface area contributed by atoms with Crippen molar-refractivity contribution in [3.05, 3.63) is 23.8 Å². The molecule has 84 valence electrons. The molecular weight excluding hydrogens is 198 g/mol. The van der Waals surface area contributed by atoms with E-state index in [1.54, 1.807) is 6.07 Å². The number of nitrogens with one attached hydrogen (secondary N) is 1. The van der Waals surface area contributed by atoms with E-state index < -0.39 is 0 Å². The third kappa shape index (κ3) is 2.11. The van der Waals surface area contributed by atoms with E-state index >= 15 is 0 Å². The van der Waals surface area contributed by atoms with Crippen molar-refractivity contribution in [3.8, 4) is 6.07 Å². The number of nitriles is 1. The fraction of sp³-hybridized carbons (Fsp3) is 0.462. The molecule has 3 N–H and O–H groups in total. The van der Waals surface area contributed by atoms with Gasteiger partial charge in [0.05, 0.1) is 11.3 Å². The van der Waals surface area contributed by atoms with Crippen LogP contribution in [0.15, 0.2) is 18.2 Å². The largest absolute Gasteiger partial charge is 0.398 e. The van der Waals surface area contributed by atoms with Crippen LogP contribution in [0.25, 0.3) is 0 Å². The van der Waals surface area contributed by atoms with Crippen LogP contribution in [0.1, 0.15) is 32.3 Å². The molecule has 0 aliphatic heterocycles. The van der Waals surface area contributed by atoms with Crippen LogP contribution in [0.3, 0.4) is 0 Å². The van der Waals surface area contributed by atoms with Crippen molar-refractivity contribution >= 4 is 11.4 Å². The second kappa shape index (κ2) is 3.71. The summed E-state index contributed by atoms with van der Waals surface area (Å²) in [7, 11) is 0. The highest BCUT2D eigenvalue weighted by Crippen LogP contribution is 2.41. The summed E-state index contributed by atoms with van der Waals surface area (Å²) < 4.78 is 0. The maximum atomic E-state index is 8.79. The summed E-state index contributed by atoms with van der Waals surface area (Å²) in [5.74, 6) is 0.754. The number of nitrogens with two attached hydrogens (primary N) is 1. The van der Waals surface area contributed by atoms with Crippen LogP contribution >= 0.6 is 0 Å². The molecule has 1 fully saturated rings. The zero-order chi connectivity index (χ0) is 11.8. The van der Waals surface area contributed by atoms with Crippen molar-refractivity contribution in [2.75, 3.05) is 11.1 Å². The first-order valence-corrected chi connectivity index (χ1v) is 5.61. The Kier molecular flexibility index (Phi) is 2.51. The number of rotatable bonds is 3.